The average Bonchev–Trinajstić information content (AvgIpc) is 3.00. The van der Waals surface area contributed by atoms with Crippen molar-refractivity contribution in [2.45, 2.75) is 11.4 Å². The van der Waals surface area contributed by atoms with Gasteiger partial charge in [0.25, 0.3) is 5.24 Å². The molecule has 3 amide bonds. The number of carbonyl (C=O) groups is 3. The summed E-state index contributed by atoms with van der Waals surface area (Å²) in [6, 6.07) is 14.7. The van der Waals surface area contributed by atoms with E-state index in [2.05, 4.69) is 5.32 Å². The SMILES string of the molecule is COc1ccc(SCC(=O)Nc2ccc(CN3C(=O)CSC3=O)cc2)cc1. The summed E-state index contributed by atoms with van der Waals surface area (Å²) in [5, 5.41) is 2.62. The minimum absolute atomic E-state index is 0.107. The zero-order valence-corrected chi connectivity index (χ0v) is 16.3. The van der Waals surface area contributed by atoms with Gasteiger partial charge < -0.3 is 10.1 Å². The molecule has 0 spiro atoms. The number of carbonyl (C=O) groups excluding carboxylic acids is 3. The van der Waals surface area contributed by atoms with Crippen LogP contribution >= 0.6 is 23.5 Å². The van der Waals surface area contributed by atoms with Crippen molar-refractivity contribution in [3.8, 4) is 5.75 Å². The van der Waals surface area contributed by atoms with Crippen LogP contribution in [0.1, 0.15) is 5.56 Å². The maximum Gasteiger partial charge on any atom is 0.289 e. The maximum atomic E-state index is 12.1. The summed E-state index contributed by atoms with van der Waals surface area (Å²) in [5.74, 6) is 1.00. The van der Waals surface area contributed by atoms with Gasteiger partial charge in [-0.2, -0.15) is 0 Å². The maximum absolute atomic E-state index is 12.1. The molecule has 3 rings (SSSR count). The number of methoxy groups -OCH3 is 1. The van der Waals surface area contributed by atoms with Crippen LogP contribution in [0.4, 0.5) is 10.5 Å². The number of benzene rings is 2. The molecule has 8 heteroatoms. The summed E-state index contributed by atoms with van der Waals surface area (Å²) < 4.78 is 5.11. The van der Waals surface area contributed by atoms with E-state index in [-0.39, 0.29) is 29.4 Å². The highest BCUT2D eigenvalue weighted by atomic mass is 32.2. The highest BCUT2D eigenvalue weighted by Crippen LogP contribution is 2.23. The van der Waals surface area contributed by atoms with Crippen molar-refractivity contribution in [2.24, 2.45) is 0 Å². The predicted octanol–water partition coefficient (Wildman–Crippen LogP) is 3.62. The van der Waals surface area contributed by atoms with Crippen molar-refractivity contribution in [1.82, 2.24) is 4.90 Å². The summed E-state index contributed by atoms with van der Waals surface area (Å²) in [5.41, 5.74) is 1.51. The fraction of sp³-hybridized carbons (Fsp3) is 0.211. The predicted molar refractivity (Wildman–Crippen MR) is 107 cm³/mol. The van der Waals surface area contributed by atoms with Crippen molar-refractivity contribution in [3.63, 3.8) is 0 Å². The minimum Gasteiger partial charge on any atom is -0.497 e. The first-order chi connectivity index (χ1) is 13.0. The molecule has 0 unspecified atom stereocenters. The van der Waals surface area contributed by atoms with Gasteiger partial charge in [-0.25, -0.2) is 0 Å². The molecular weight excluding hydrogens is 384 g/mol. The number of imide groups is 1. The first kappa shape index (κ1) is 19.3. The smallest absolute Gasteiger partial charge is 0.289 e. The highest BCUT2D eigenvalue weighted by molar-refractivity contribution is 8.14. The van der Waals surface area contributed by atoms with Gasteiger partial charge >= 0.3 is 0 Å². The zero-order chi connectivity index (χ0) is 19.2. The lowest BCUT2D eigenvalue weighted by Crippen LogP contribution is -2.27. The molecule has 0 saturated carbocycles. The van der Waals surface area contributed by atoms with E-state index in [0.717, 1.165) is 28.0 Å². The highest BCUT2D eigenvalue weighted by Gasteiger charge is 2.29. The van der Waals surface area contributed by atoms with Gasteiger partial charge in [-0.05, 0) is 42.0 Å². The molecule has 1 saturated heterocycles. The molecule has 6 nitrogen and oxygen atoms in total. The second kappa shape index (κ2) is 8.96. The molecule has 1 fully saturated rings. The van der Waals surface area contributed by atoms with E-state index in [1.165, 1.54) is 16.7 Å². The minimum atomic E-state index is -0.215. The topological polar surface area (TPSA) is 75.7 Å². The molecule has 1 aliphatic heterocycles. The van der Waals surface area contributed by atoms with E-state index < -0.39 is 0 Å². The number of thioether (sulfide) groups is 2. The number of anilines is 1. The van der Waals surface area contributed by atoms with Gasteiger partial charge in [0.05, 0.1) is 25.2 Å². The molecule has 140 valence electrons. The lowest BCUT2D eigenvalue weighted by atomic mass is 10.2. The second-order valence-electron chi connectivity index (χ2n) is 5.74. The monoisotopic (exact) mass is 402 g/mol. The molecule has 0 aliphatic carbocycles. The summed E-state index contributed by atoms with van der Waals surface area (Å²) in [6.07, 6.45) is 0. The van der Waals surface area contributed by atoms with Crippen LogP contribution in [-0.4, -0.2) is 40.6 Å². The zero-order valence-electron chi connectivity index (χ0n) is 14.6. The van der Waals surface area contributed by atoms with Gasteiger partial charge in [-0.1, -0.05) is 23.9 Å². The second-order valence-corrected chi connectivity index (χ2v) is 7.72. The number of rotatable bonds is 7. The molecule has 1 N–H and O–H groups in total. The van der Waals surface area contributed by atoms with Gasteiger partial charge in [0.15, 0.2) is 0 Å². The van der Waals surface area contributed by atoms with Crippen molar-refractivity contribution in [2.75, 3.05) is 23.9 Å². The number of amides is 3. The van der Waals surface area contributed by atoms with Gasteiger partial charge in [0.1, 0.15) is 5.75 Å². The third-order valence-electron chi connectivity index (χ3n) is 3.85. The largest absolute Gasteiger partial charge is 0.497 e. The van der Waals surface area contributed by atoms with Crippen molar-refractivity contribution in [1.29, 1.82) is 0 Å². The van der Waals surface area contributed by atoms with Crippen LogP contribution in [-0.2, 0) is 16.1 Å². The Balaban J connectivity index is 1.49. The van der Waals surface area contributed by atoms with Gasteiger partial charge in [-0.3, -0.25) is 19.3 Å². The Bertz CT molecular complexity index is 822. The lowest BCUT2D eigenvalue weighted by molar-refractivity contribution is -0.125. The summed E-state index contributed by atoms with van der Waals surface area (Å²) in [4.78, 5) is 37.6. The van der Waals surface area contributed by atoms with Crippen molar-refractivity contribution < 1.29 is 19.1 Å². The van der Waals surface area contributed by atoms with Crippen molar-refractivity contribution >= 4 is 46.3 Å². The van der Waals surface area contributed by atoms with E-state index >= 15 is 0 Å². The van der Waals surface area contributed by atoms with Crippen LogP contribution in [0, 0.1) is 0 Å². The Labute approximate surface area is 165 Å². The third-order valence-corrected chi connectivity index (χ3v) is 5.72. The summed E-state index contributed by atoms with van der Waals surface area (Å²) >= 11 is 2.46. The Morgan fingerprint density at radius 3 is 2.44 bits per heavy atom. The van der Waals surface area contributed by atoms with Crippen LogP contribution in [0.25, 0.3) is 0 Å². The van der Waals surface area contributed by atoms with E-state index in [0.29, 0.717) is 11.4 Å². The quantitative estimate of drug-likeness (QED) is 0.713. The Morgan fingerprint density at radius 1 is 1.15 bits per heavy atom. The third kappa shape index (κ3) is 5.27. The molecular formula is C19H18N2O4S2. The average molecular weight is 402 g/mol. The van der Waals surface area contributed by atoms with Crippen LogP contribution in [0.3, 0.4) is 0 Å². The Hall–Kier alpha value is -2.45. The lowest BCUT2D eigenvalue weighted by Gasteiger charge is -2.13. The van der Waals surface area contributed by atoms with E-state index in [1.54, 1.807) is 31.4 Å². The molecule has 27 heavy (non-hydrogen) atoms. The van der Waals surface area contributed by atoms with Crippen molar-refractivity contribution in [3.05, 3.63) is 54.1 Å². The van der Waals surface area contributed by atoms with Crippen LogP contribution in [0.5, 0.6) is 5.75 Å². The fourth-order valence-electron chi connectivity index (χ4n) is 2.43. The first-order valence-corrected chi connectivity index (χ1v) is 10.1. The van der Waals surface area contributed by atoms with Crippen LogP contribution in [0.2, 0.25) is 0 Å². The molecule has 0 radical (unpaired) electrons. The van der Waals surface area contributed by atoms with Crippen LogP contribution < -0.4 is 10.1 Å². The van der Waals surface area contributed by atoms with E-state index in [1.807, 2.05) is 24.3 Å². The molecule has 1 heterocycles. The number of nitrogens with one attached hydrogen (secondary N) is 1. The fourth-order valence-corrected chi connectivity index (χ4v) is 3.85. The summed E-state index contributed by atoms with van der Waals surface area (Å²) in [6.45, 7) is 0.256. The number of hydrogen-bond donors (Lipinski definition) is 1. The van der Waals surface area contributed by atoms with E-state index in [9.17, 15) is 14.4 Å². The molecule has 2 aromatic carbocycles. The molecule has 0 bridgehead atoms. The number of ether oxygens (including phenoxy) is 1. The normalized spacial score (nSPS) is 13.7. The Kier molecular flexibility index (Phi) is 6.41. The van der Waals surface area contributed by atoms with Gasteiger partial charge in [0.2, 0.25) is 11.8 Å². The standard InChI is InChI=1S/C19H18N2O4S2/c1-25-15-6-8-16(9-7-15)26-11-17(22)20-14-4-2-13(3-5-14)10-21-18(23)12-27-19(21)24/h2-9H,10-12H2,1H3,(H,20,22). The molecule has 0 atom stereocenters. The number of nitrogens with zero attached hydrogens (tertiary/aromatic N) is 1. The molecule has 0 aromatic heterocycles. The number of hydrogen-bond acceptors (Lipinski definition) is 6. The van der Waals surface area contributed by atoms with Crippen LogP contribution in [0.15, 0.2) is 53.4 Å². The van der Waals surface area contributed by atoms with Gasteiger partial charge in [-0.15, -0.1) is 11.8 Å². The molecule has 1 aliphatic rings. The molecule has 2 aromatic rings. The summed E-state index contributed by atoms with van der Waals surface area (Å²) in [7, 11) is 1.61. The van der Waals surface area contributed by atoms with E-state index in [4.69, 9.17) is 4.74 Å². The Morgan fingerprint density at radius 2 is 1.85 bits per heavy atom. The van der Waals surface area contributed by atoms with Gasteiger partial charge in [0, 0.05) is 10.6 Å². The first-order valence-electron chi connectivity index (χ1n) is 8.18.